The van der Waals surface area contributed by atoms with Crippen molar-refractivity contribution in [3.63, 3.8) is 0 Å². The number of nitrogens with zero attached hydrogens (tertiary/aromatic N) is 4. The van der Waals surface area contributed by atoms with E-state index >= 15 is 0 Å². The van der Waals surface area contributed by atoms with Crippen molar-refractivity contribution in [2.75, 3.05) is 72.6 Å². The van der Waals surface area contributed by atoms with Gasteiger partial charge in [-0.25, -0.2) is 0 Å². The van der Waals surface area contributed by atoms with Crippen LogP contribution in [0.3, 0.4) is 0 Å². The Bertz CT molecular complexity index is 866. The van der Waals surface area contributed by atoms with Crippen molar-refractivity contribution >= 4 is 93.4 Å². The molecule has 0 bridgehead atoms. The first-order chi connectivity index (χ1) is 17.0. The van der Waals surface area contributed by atoms with Crippen LogP contribution in [0.5, 0.6) is 0 Å². The number of rotatable bonds is 16. The molecular weight excluding hydrogens is 569 g/mol. The van der Waals surface area contributed by atoms with Crippen LogP contribution in [0, 0.1) is 0 Å². The summed E-state index contributed by atoms with van der Waals surface area (Å²) in [5.74, 6) is 2.11. The molecule has 35 heavy (non-hydrogen) atoms. The summed E-state index contributed by atoms with van der Waals surface area (Å²) in [6.45, 7) is 4.17. The third-order valence-electron chi connectivity index (χ3n) is 5.15. The van der Waals surface area contributed by atoms with E-state index in [-0.39, 0.29) is 0 Å². The van der Waals surface area contributed by atoms with Crippen LogP contribution in [0.1, 0.15) is 17.5 Å². The quantitative estimate of drug-likeness (QED) is 0.114. The molecule has 0 saturated carbocycles. The normalized spacial score (nSPS) is 11.6. The maximum Gasteiger partial charge on any atom is 0.0514 e. The molecule has 0 aromatic heterocycles. The molecule has 0 saturated heterocycles. The predicted molar refractivity (Wildman–Crippen MR) is 160 cm³/mol. The molecule has 0 fully saturated rings. The van der Waals surface area contributed by atoms with E-state index in [9.17, 15) is 0 Å². The Labute approximate surface area is 238 Å². The summed E-state index contributed by atoms with van der Waals surface area (Å²) < 4.78 is 0. The van der Waals surface area contributed by atoms with Gasteiger partial charge in [-0.3, -0.25) is 9.98 Å². The third-order valence-corrected chi connectivity index (χ3v) is 6.48. The highest BCUT2D eigenvalue weighted by molar-refractivity contribution is 6.33. The molecule has 0 radical (unpaired) electrons. The van der Waals surface area contributed by atoms with Crippen LogP contribution in [-0.2, 0) is 0 Å². The summed E-state index contributed by atoms with van der Waals surface area (Å²) in [5, 5.41) is 1.29. The van der Waals surface area contributed by atoms with E-state index in [4.69, 9.17) is 69.6 Å². The second-order valence-corrected chi connectivity index (χ2v) is 9.89. The fourth-order valence-electron chi connectivity index (χ4n) is 3.36. The maximum absolute atomic E-state index is 6.45. The van der Waals surface area contributed by atoms with Crippen molar-refractivity contribution in [2.45, 2.75) is 6.42 Å². The number of hydrogen-bond donors (Lipinski definition) is 0. The molecule has 2 aromatic carbocycles. The summed E-state index contributed by atoms with van der Waals surface area (Å²) in [5.41, 5.74) is 3.75. The SMILES string of the molecule is ClCCN(CCCl)c1ccc(C=NCCCN=Cc2ccc(N(CCCl)CCCl)cc2Cl)c(Cl)c1. The standard InChI is InChI=1S/C25H30Cl6N4/c26-6-12-34(13-7-27)22-4-2-20(24(30)16-22)18-32-10-1-11-33-19-21-3-5-23(17-25(21)31)35(14-8-28)15-9-29/h2-5,16-19H,1,6-15H2. The van der Waals surface area contributed by atoms with Crippen LogP contribution in [0.15, 0.2) is 46.4 Å². The van der Waals surface area contributed by atoms with Crippen molar-refractivity contribution in [3.05, 3.63) is 57.6 Å². The molecule has 10 heteroatoms. The molecule has 2 aromatic rings. The van der Waals surface area contributed by atoms with Crippen molar-refractivity contribution in [1.29, 1.82) is 0 Å². The molecule has 0 aliphatic rings. The van der Waals surface area contributed by atoms with Gasteiger partial charge in [-0.05, 0) is 42.8 Å². The van der Waals surface area contributed by atoms with Gasteiger partial charge in [0.05, 0.1) is 10.0 Å². The van der Waals surface area contributed by atoms with Crippen molar-refractivity contribution in [3.8, 4) is 0 Å². The Morgan fingerprint density at radius 2 is 0.971 bits per heavy atom. The van der Waals surface area contributed by atoms with Gasteiger partial charge in [-0.2, -0.15) is 0 Å². The highest BCUT2D eigenvalue weighted by Crippen LogP contribution is 2.24. The smallest absolute Gasteiger partial charge is 0.0514 e. The first kappa shape index (κ1) is 30.3. The van der Waals surface area contributed by atoms with E-state index in [2.05, 4.69) is 19.8 Å². The molecule has 4 nitrogen and oxygen atoms in total. The van der Waals surface area contributed by atoms with Crippen LogP contribution >= 0.6 is 69.6 Å². The lowest BCUT2D eigenvalue weighted by atomic mass is 10.2. The minimum absolute atomic E-state index is 0.527. The molecular formula is C25H30Cl6N4. The van der Waals surface area contributed by atoms with E-state index in [1.54, 1.807) is 12.4 Å². The second kappa shape index (κ2) is 17.6. The number of benzene rings is 2. The van der Waals surface area contributed by atoms with Crippen LogP contribution < -0.4 is 9.80 Å². The van der Waals surface area contributed by atoms with Gasteiger partial charge >= 0.3 is 0 Å². The average Bonchev–Trinajstić information content (AvgIpc) is 2.84. The molecule has 0 spiro atoms. The van der Waals surface area contributed by atoms with Gasteiger partial charge in [0.2, 0.25) is 0 Å². The van der Waals surface area contributed by atoms with Crippen LogP contribution in [0.2, 0.25) is 10.0 Å². The molecule has 2 rings (SSSR count). The summed E-state index contributed by atoms with van der Waals surface area (Å²) in [6, 6.07) is 11.8. The summed E-state index contributed by atoms with van der Waals surface area (Å²) in [4.78, 5) is 13.2. The van der Waals surface area contributed by atoms with Gasteiger partial charge in [0.1, 0.15) is 0 Å². The largest absolute Gasteiger partial charge is 0.369 e. The number of halogens is 6. The predicted octanol–water partition coefficient (Wildman–Crippen LogP) is 7.49. The first-order valence-corrected chi connectivity index (χ1v) is 14.3. The van der Waals surface area contributed by atoms with E-state index in [0.717, 1.165) is 28.9 Å². The topological polar surface area (TPSA) is 31.2 Å². The van der Waals surface area contributed by atoms with E-state index in [0.29, 0.717) is 72.8 Å². The minimum Gasteiger partial charge on any atom is -0.369 e. The Morgan fingerprint density at radius 3 is 1.29 bits per heavy atom. The minimum atomic E-state index is 0.527. The maximum atomic E-state index is 6.45. The van der Waals surface area contributed by atoms with Gasteiger partial charge < -0.3 is 9.80 Å². The molecule has 0 amide bonds. The fourth-order valence-corrected chi connectivity index (χ4v) is 4.63. The number of alkyl halides is 4. The fraction of sp³-hybridized carbons (Fsp3) is 0.440. The van der Waals surface area contributed by atoms with E-state index in [1.165, 1.54) is 0 Å². The molecule has 0 aliphatic heterocycles. The summed E-state index contributed by atoms with van der Waals surface area (Å²) in [7, 11) is 0. The first-order valence-electron chi connectivity index (χ1n) is 11.4. The Morgan fingerprint density at radius 1 is 0.600 bits per heavy atom. The highest BCUT2D eigenvalue weighted by Gasteiger charge is 2.09. The second-order valence-electron chi connectivity index (χ2n) is 7.57. The van der Waals surface area contributed by atoms with Crippen molar-refractivity contribution < 1.29 is 0 Å². The molecule has 192 valence electrons. The monoisotopic (exact) mass is 596 g/mol. The Balaban J connectivity index is 1.84. The van der Waals surface area contributed by atoms with Gasteiger partial charge in [0.25, 0.3) is 0 Å². The van der Waals surface area contributed by atoms with Gasteiger partial charge in [-0.15, -0.1) is 46.4 Å². The number of aliphatic imine (C=N–C) groups is 2. The van der Waals surface area contributed by atoms with Gasteiger partial charge in [0, 0.05) is 97.7 Å². The van der Waals surface area contributed by atoms with Gasteiger partial charge in [0.15, 0.2) is 0 Å². The summed E-state index contributed by atoms with van der Waals surface area (Å²) >= 11 is 36.5. The van der Waals surface area contributed by atoms with Crippen LogP contribution in [0.25, 0.3) is 0 Å². The molecule has 0 atom stereocenters. The lowest BCUT2D eigenvalue weighted by Crippen LogP contribution is -2.27. The van der Waals surface area contributed by atoms with Crippen LogP contribution in [-0.4, -0.2) is 75.2 Å². The van der Waals surface area contributed by atoms with Crippen molar-refractivity contribution in [2.24, 2.45) is 9.98 Å². The zero-order chi connectivity index (χ0) is 25.5. The van der Waals surface area contributed by atoms with E-state index in [1.807, 2.05) is 36.4 Å². The molecule has 0 N–H and O–H groups in total. The van der Waals surface area contributed by atoms with Crippen LogP contribution in [0.4, 0.5) is 11.4 Å². The molecule has 0 heterocycles. The lowest BCUT2D eigenvalue weighted by molar-refractivity contribution is 0.850. The Hall–Kier alpha value is -0.880. The van der Waals surface area contributed by atoms with Gasteiger partial charge in [-0.1, -0.05) is 23.2 Å². The molecule has 0 unspecified atom stereocenters. The number of anilines is 2. The zero-order valence-electron chi connectivity index (χ0n) is 19.5. The van der Waals surface area contributed by atoms with E-state index < -0.39 is 0 Å². The number of hydrogen-bond acceptors (Lipinski definition) is 4. The van der Waals surface area contributed by atoms with Crippen molar-refractivity contribution in [1.82, 2.24) is 0 Å². The third kappa shape index (κ3) is 10.6. The lowest BCUT2D eigenvalue weighted by Gasteiger charge is -2.23. The average molecular weight is 599 g/mol. The zero-order valence-corrected chi connectivity index (χ0v) is 24.0. The Kier molecular flexibility index (Phi) is 15.2. The summed E-state index contributed by atoms with van der Waals surface area (Å²) in [6.07, 6.45) is 4.41. The highest BCUT2D eigenvalue weighted by atomic mass is 35.5. The molecule has 0 aliphatic carbocycles.